The Morgan fingerprint density at radius 3 is 2.40 bits per heavy atom. The number of carbonyl (C=O) groups is 3. The molecule has 0 saturated heterocycles. The molecule has 108 valence electrons. The Hall–Kier alpha value is -2.77. The van der Waals surface area contributed by atoms with Gasteiger partial charge < -0.3 is 20.9 Å². The minimum absolute atomic E-state index is 0.377. The minimum Gasteiger partial charge on any atom is -0.482 e. The summed E-state index contributed by atoms with van der Waals surface area (Å²) in [7, 11) is 0. The minimum atomic E-state index is -1.15. The number of hydrogen-bond donors (Lipinski definition) is 3. The lowest BCUT2D eigenvalue weighted by molar-refractivity contribution is -0.156. The van der Waals surface area contributed by atoms with Gasteiger partial charge in [0, 0.05) is 5.69 Å². The molecule has 1 unspecified atom stereocenters. The fourth-order valence-corrected chi connectivity index (χ4v) is 1.21. The molecule has 0 aliphatic carbocycles. The lowest BCUT2D eigenvalue weighted by Crippen LogP contribution is -2.42. The van der Waals surface area contributed by atoms with E-state index in [2.05, 4.69) is 0 Å². The summed E-state index contributed by atoms with van der Waals surface area (Å²) in [6.45, 7) is 0.928. The number of rotatable bonds is 5. The predicted octanol–water partition coefficient (Wildman–Crippen LogP) is -0.226. The topological polar surface area (TPSA) is 134 Å². The molecule has 0 fully saturated rings. The second kappa shape index (κ2) is 6.98. The van der Waals surface area contributed by atoms with Crippen molar-refractivity contribution in [1.29, 1.82) is 0 Å². The Bertz CT molecular complexity index is 500. The van der Waals surface area contributed by atoms with E-state index in [9.17, 15) is 14.4 Å². The summed E-state index contributed by atoms with van der Waals surface area (Å²) >= 11 is 0. The van der Waals surface area contributed by atoms with E-state index in [1.165, 1.54) is 6.92 Å². The number of imide groups is 1. The third-order valence-corrected chi connectivity index (χ3v) is 2.16. The molecule has 1 atom stereocenters. The van der Waals surface area contributed by atoms with Crippen LogP contribution in [0.5, 0.6) is 5.75 Å². The van der Waals surface area contributed by atoms with E-state index in [1.807, 2.05) is 0 Å². The van der Waals surface area contributed by atoms with Crippen molar-refractivity contribution in [3.63, 3.8) is 0 Å². The van der Waals surface area contributed by atoms with E-state index in [1.54, 1.807) is 29.6 Å². The molecule has 1 aromatic rings. The molecule has 5 N–H and O–H groups in total. The van der Waals surface area contributed by atoms with Crippen molar-refractivity contribution in [2.75, 3.05) is 12.3 Å². The molecule has 0 aromatic heterocycles. The fourth-order valence-electron chi connectivity index (χ4n) is 1.21. The van der Waals surface area contributed by atoms with E-state index in [4.69, 9.17) is 20.9 Å². The highest BCUT2D eigenvalue weighted by Gasteiger charge is 2.19. The van der Waals surface area contributed by atoms with E-state index >= 15 is 0 Å². The molecule has 8 heteroatoms. The van der Waals surface area contributed by atoms with E-state index in [0.717, 1.165) is 0 Å². The van der Waals surface area contributed by atoms with Crippen LogP contribution < -0.4 is 21.5 Å². The highest BCUT2D eigenvalue weighted by molar-refractivity contribution is 5.96. The highest BCUT2D eigenvalue weighted by atomic mass is 16.6. The van der Waals surface area contributed by atoms with Gasteiger partial charge in [-0.2, -0.15) is 0 Å². The molecule has 0 aliphatic heterocycles. The van der Waals surface area contributed by atoms with Crippen molar-refractivity contribution in [1.82, 2.24) is 5.32 Å². The Kier molecular flexibility index (Phi) is 5.33. The smallest absolute Gasteiger partial charge is 0.344 e. The van der Waals surface area contributed by atoms with Crippen LogP contribution in [0.2, 0.25) is 0 Å². The van der Waals surface area contributed by atoms with Crippen molar-refractivity contribution in [3.8, 4) is 5.75 Å². The van der Waals surface area contributed by atoms with Gasteiger partial charge in [-0.05, 0) is 31.2 Å². The van der Waals surface area contributed by atoms with Crippen LogP contribution in [0.25, 0.3) is 0 Å². The summed E-state index contributed by atoms with van der Waals surface area (Å²) < 4.78 is 9.88. The number of nitrogens with two attached hydrogens (primary N) is 2. The Morgan fingerprint density at radius 2 is 1.85 bits per heavy atom. The van der Waals surface area contributed by atoms with Gasteiger partial charge in [0.1, 0.15) is 5.75 Å². The molecular weight excluding hydrogens is 266 g/mol. The lowest BCUT2D eigenvalue weighted by atomic mass is 10.3. The van der Waals surface area contributed by atoms with Crippen molar-refractivity contribution in [2.24, 2.45) is 5.73 Å². The van der Waals surface area contributed by atoms with Gasteiger partial charge in [0.15, 0.2) is 12.7 Å². The lowest BCUT2D eigenvalue weighted by Gasteiger charge is -2.12. The number of ether oxygens (including phenoxy) is 2. The number of urea groups is 1. The first-order valence-corrected chi connectivity index (χ1v) is 5.66. The van der Waals surface area contributed by atoms with Crippen LogP contribution in [-0.4, -0.2) is 30.6 Å². The summed E-state index contributed by atoms with van der Waals surface area (Å²) in [5, 5.41) is 1.80. The van der Waals surface area contributed by atoms with Gasteiger partial charge in [0.25, 0.3) is 5.91 Å². The molecular formula is C12H15N3O5. The zero-order valence-corrected chi connectivity index (χ0v) is 10.8. The number of esters is 1. The summed E-state index contributed by atoms with van der Waals surface area (Å²) in [4.78, 5) is 33.1. The number of amides is 3. The number of benzene rings is 1. The number of anilines is 1. The van der Waals surface area contributed by atoms with Gasteiger partial charge in [-0.1, -0.05) is 0 Å². The maximum absolute atomic E-state index is 11.4. The van der Waals surface area contributed by atoms with E-state index < -0.39 is 24.0 Å². The third-order valence-electron chi connectivity index (χ3n) is 2.16. The summed E-state index contributed by atoms with van der Waals surface area (Å²) in [5.74, 6) is -1.13. The zero-order valence-electron chi connectivity index (χ0n) is 10.8. The molecule has 0 heterocycles. The van der Waals surface area contributed by atoms with Crippen LogP contribution in [0, 0.1) is 0 Å². The predicted molar refractivity (Wildman–Crippen MR) is 69.6 cm³/mol. The van der Waals surface area contributed by atoms with Gasteiger partial charge in [-0.25, -0.2) is 9.59 Å². The van der Waals surface area contributed by atoms with Crippen molar-refractivity contribution < 1.29 is 23.9 Å². The van der Waals surface area contributed by atoms with Gasteiger partial charge in [0.2, 0.25) is 0 Å². The van der Waals surface area contributed by atoms with Crippen LogP contribution in [-0.2, 0) is 14.3 Å². The molecule has 0 bridgehead atoms. The normalized spacial score (nSPS) is 11.2. The number of primary amides is 1. The van der Waals surface area contributed by atoms with Crippen molar-refractivity contribution >= 4 is 23.6 Å². The second-order valence-corrected chi connectivity index (χ2v) is 3.84. The standard InChI is InChI=1S/C12H15N3O5/c1-7(11(17)15-12(14)18)20-10(16)6-19-9-4-2-8(13)3-5-9/h2-5,7H,6,13H2,1H3,(H3,14,15,17,18). The molecule has 0 radical (unpaired) electrons. The molecule has 0 aliphatic rings. The average molecular weight is 281 g/mol. The van der Waals surface area contributed by atoms with E-state index in [-0.39, 0.29) is 6.61 Å². The molecule has 1 aromatic carbocycles. The molecule has 1 rings (SSSR count). The monoisotopic (exact) mass is 281 g/mol. The Morgan fingerprint density at radius 1 is 1.25 bits per heavy atom. The van der Waals surface area contributed by atoms with Gasteiger partial charge in [0.05, 0.1) is 0 Å². The molecule has 3 amide bonds. The summed E-state index contributed by atoms with van der Waals surface area (Å²) in [6.07, 6.45) is -1.15. The van der Waals surface area contributed by atoms with Crippen LogP contribution in [0.15, 0.2) is 24.3 Å². The van der Waals surface area contributed by atoms with Crippen molar-refractivity contribution in [3.05, 3.63) is 24.3 Å². The zero-order chi connectivity index (χ0) is 15.1. The highest BCUT2D eigenvalue weighted by Crippen LogP contribution is 2.12. The van der Waals surface area contributed by atoms with Gasteiger partial charge >= 0.3 is 12.0 Å². The first kappa shape index (κ1) is 15.3. The first-order chi connectivity index (χ1) is 9.38. The fraction of sp³-hybridized carbons (Fsp3) is 0.250. The van der Waals surface area contributed by atoms with Gasteiger partial charge in [-0.15, -0.1) is 0 Å². The number of carbonyl (C=O) groups excluding carboxylic acids is 3. The quantitative estimate of drug-likeness (QED) is 0.504. The summed E-state index contributed by atoms with van der Waals surface area (Å²) in [6, 6.07) is 5.39. The average Bonchev–Trinajstić information content (AvgIpc) is 2.37. The Balaban J connectivity index is 2.38. The van der Waals surface area contributed by atoms with Crippen molar-refractivity contribution in [2.45, 2.75) is 13.0 Å². The number of nitrogens with one attached hydrogen (secondary N) is 1. The largest absolute Gasteiger partial charge is 0.482 e. The Labute approximate surface area is 115 Å². The van der Waals surface area contributed by atoms with Crippen LogP contribution >= 0.6 is 0 Å². The SMILES string of the molecule is CC(OC(=O)COc1ccc(N)cc1)C(=O)NC(N)=O. The number of nitrogen functional groups attached to an aromatic ring is 1. The van der Waals surface area contributed by atoms with Crippen LogP contribution in [0.3, 0.4) is 0 Å². The maximum Gasteiger partial charge on any atom is 0.344 e. The van der Waals surface area contributed by atoms with Crippen LogP contribution in [0.1, 0.15) is 6.92 Å². The maximum atomic E-state index is 11.4. The van der Waals surface area contributed by atoms with E-state index in [0.29, 0.717) is 11.4 Å². The second-order valence-electron chi connectivity index (χ2n) is 3.84. The molecule has 0 saturated carbocycles. The number of hydrogen-bond acceptors (Lipinski definition) is 6. The third kappa shape index (κ3) is 5.25. The van der Waals surface area contributed by atoms with Gasteiger partial charge in [-0.3, -0.25) is 10.1 Å². The first-order valence-electron chi connectivity index (χ1n) is 5.66. The molecule has 8 nitrogen and oxygen atoms in total. The molecule has 20 heavy (non-hydrogen) atoms. The molecule has 0 spiro atoms. The summed E-state index contributed by atoms with van der Waals surface area (Å²) in [5.41, 5.74) is 10.8. The van der Waals surface area contributed by atoms with Crippen LogP contribution in [0.4, 0.5) is 10.5 Å².